The van der Waals surface area contributed by atoms with E-state index in [1.54, 1.807) is 24.3 Å². The number of nitrogens with one attached hydrogen (secondary N) is 1. The third kappa shape index (κ3) is 7.17. The highest BCUT2D eigenvalue weighted by Crippen LogP contribution is 2.49. The predicted octanol–water partition coefficient (Wildman–Crippen LogP) is 6.55. The number of rotatable bonds is 4. The van der Waals surface area contributed by atoms with Crippen LogP contribution in [0.4, 0.5) is 10.8 Å². The Morgan fingerprint density at radius 2 is 1.93 bits per heavy atom. The Bertz CT molecular complexity index is 1990. The van der Waals surface area contributed by atoms with E-state index in [1.165, 1.54) is 11.1 Å². The molecule has 6 atom stereocenters. The SMILES string of the molecule is CO[C@@]1(CN2CCN(c3nccs3)CC2)/C=C/C[C@H](C)[C@@H](C)S(=O)(=O)NC(=O)c2ccc3c(c2)N(C[C@@H]2CC[C@H]21)C[C@@]1(CCCc2cc(Cl)ccc21)CO3. The van der Waals surface area contributed by atoms with Crippen LogP contribution in [0.25, 0.3) is 0 Å². The van der Waals surface area contributed by atoms with Gasteiger partial charge in [0.15, 0.2) is 5.13 Å². The number of hydrogen-bond acceptors (Lipinski definition) is 10. The van der Waals surface area contributed by atoms with Gasteiger partial charge >= 0.3 is 0 Å². The first-order valence-electron chi connectivity index (χ1n) is 19.5. The van der Waals surface area contributed by atoms with Crippen molar-refractivity contribution in [1.29, 1.82) is 0 Å². The van der Waals surface area contributed by atoms with Crippen molar-refractivity contribution < 1.29 is 22.7 Å². The number of carbonyl (C=O) groups excluding carboxylic acids is 1. The van der Waals surface area contributed by atoms with Crippen LogP contribution in [-0.4, -0.2) is 94.6 Å². The lowest BCUT2D eigenvalue weighted by atomic mass is 9.63. The van der Waals surface area contributed by atoms with Gasteiger partial charge in [-0.15, -0.1) is 11.3 Å². The van der Waals surface area contributed by atoms with Crippen molar-refractivity contribution >= 4 is 49.7 Å². The molecule has 1 saturated heterocycles. The average Bonchev–Trinajstić information content (AvgIpc) is 3.65. The molecule has 1 aromatic heterocycles. The number of carbonyl (C=O) groups is 1. The van der Waals surface area contributed by atoms with Crippen LogP contribution in [0.15, 0.2) is 60.1 Å². The van der Waals surface area contributed by atoms with Crippen LogP contribution < -0.4 is 19.3 Å². The molecule has 1 N–H and O–H groups in total. The molecule has 1 spiro atoms. The Morgan fingerprint density at radius 1 is 1.09 bits per heavy atom. The summed E-state index contributed by atoms with van der Waals surface area (Å²) in [7, 11) is -2.12. The fourth-order valence-corrected chi connectivity index (χ4v) is 11.8. The quantitative estimate of drug-likeness (QED) is 0.295. The second-order valence-electron chi connectivity index (χ2n) is 16.3. The number of nitrogens with zero attached hydrogens (tertiary/aromatic N) is 4. The molecular formula is C41H52ClN5O5S2. The van der Waals surface area contributed by atoms with Crippen LogP contribution in [-0.2, 0) is 26.6 Å². The van der Waals surface area contributed by atoms with E-state index in [-0.39, 0.29) is 17.3 Å². The summed E-state index contributed by atoms with van der Waals surface area (Å²) >= 11 is 8.19. The molecule has 2 bridgehead atoms. The summed E-state index contributed by atoms with van der Waals surface area (Å²) < 4.78 is 43.1. The first-order chi connectivity index (χ1) is 26.0. The molecule has 54 heavy (non-hydrogen) atoms. The van der Waals surface area contributed by atoms with Crippen molar-refractivity contribution in [2.45, 2.75) is 68.6 Å². The Hall–Kier alpha value is -3.16. The Morgan fingerprint density at radius 3 is 2.67 bits per heavy atom. The summed E-state index contributed by atoms with van der Waals surface area (Å²) in [6.07, 6.45) is 11.9. The van der Waals surface area contributed by atoms with Crippen LogP contribution in [0, 0.1) is 17.8 Å². The van der Waals surface area contributed by atoms with Crippen molar-refractivity contribution in [1.82, 2.24) is 14.6 Å². The van der Waals surface area contributed by atoms with Gasteiger partial charge in [0.1, 0.15) is 11.4 Å². The molecule has 290 valence electrons. The van der Waals surface area contributed by atoms with E-state index in [0.29, 0.717) is 36.8 Å². The smallest absolute Gasteiger partial charge is 0.264 e. The second-order valence-corrected chi connectivity index (χ2v) is 19.6. The molecule has 10 nitrogen and oxygen atoms in total. The molecule has 0 radical (unpaired) electrons. The molecule has 1 saturated carbocycles. The second kappa shape index (κ2) is 15.1. The summed E-state index contributed by atoms with van der Waals surface area (Å²) in [5.41, 5.74) is 2.85. The van der Waals surface area contributed by atoms with Gasteiger partial charge in [0.2, 0.25) is 10.0 Å². The number of allylic oxidation sites excluding steroid dienone is 1. The van der Waals surface area contributed by atoms with Crippen molar-refractivity contribution in [2.24, 2.45) is 17.8 Å². The lowest BCUT2D eigenvalue weighted by molar-refractivity contribution is -0.0919. The molecule has 3 aromatic rings. The molecule has 5 aliphatic rings. The molecule has 2 aliphatic carbocycles. The van der Waals surface area contributed by atoms with Crippen molar-refractivity contribution in [3.63, 3.8) is 0 Å². The van der Waals surface area contributed by atoms with Crippen molar-refractivity contribution in [3.8, 4) is 5.75 Å². The van der Waals surface area contributed by atoms with Crippen LogP contribution in [0.2, 0.25) is 5.02 Å². The van der Waals surface area contributed by atoms with Gasteiger partial charge in [-0.3, -0.25) is 9.69 Å². The van der Waals surface area contributed by atoms with Crippen LogP contribution >= 0.6 is 22.9 Å². The lowest BCUT2D eigenvalue weighted by Gasteiger charge is -2.52. The highest BCUT2D eigenvalue weighted by atomic mass is 35.5. The number of amides is 1. The first kappa shape index (κ1) is 37.7. The standard InChI is InChI=1S/C41H52ClN5O5S2/c1-28-6-4-15-41(51-3,26-45-17-19-46(20-18-45)39-43-16-21-53-39)35-11-8-32(35)24-47-25-40(14-5-7-30-22-33(42)10-12-34(30)40)27-52-37-13-9-31(23-36(37)47)38(48)44-54(49,50)29(28)2/h4,9-10,12-13,15-16,21-23,28-29,32,35H,5-8,11,14,17-20,24-27H2,1-3H3,(H,44,48)/b15-4+/t28-,29+,32-,35+,40-,41+/m0/s1. The Balaban J connectivity index is 1.17. The number of sulfonamides is 1. The van der Waals surface area contributed by atoms with E-state index in [1.807, 2.05) is 43.8 Å². The minimum absolute atomic E-state index is 0.228. The molecule has 8 rings (SSSR count). The maximum atomic E-state index is 13.7. The van der Waals surface area contributed by atoms with Crippen LogP contribution in [0.3, 0.4) is 0 Å². The number of ether oxygens (including phenoxy) is 2. The van der Waals surface area contributed by atoms with Gasteiger partial charge in [-0.1, -0.05) is 36.7 Å². The monoisotopic (exact) mass is 793 g/mol. The van der Waals surface area contributed by atoms with E-state index in [9.17, 15) is 13.2 Å². The molecule has 0 unspecified atom stereocenters. The van der Waals surface area contributed by atoms with Crippen molar-refractivity contribution in [2.75, 3.05) is 69.3 Å². The summed E-state index contributed by atoms with van der Waals surface area (Å²) in [5, 5.41) is 3.06. The van der Waals surface area contributed by atoms with E-state index in [0.717, 1.165) is 87.2 Å². The third-order valence-corrected chi connectivity index (χ3v) is 16.1. The Kier molecular flexibility index (Phi) is 10.5. The molecule has 13 heteroatoms. The van der Waals surface area contributed by atoms with Gasteiger partial charge in [0.05, 0.1) is 17.5 Å². The molecule has 2 aromatic carbocycles. The van der Waals surface area contributed by atoms with E-state index < -0.39 is 26.8 Å². The molecule has 4 heterocycles. The van der Waals surface area contributed by atoms with Crippen LogP contribution in [0.1, 0.15) is 67.4 Å². The number of aromatic nitrogens is 1. The zero-order valence-corrected chi connectivity index (χ0v) is 33.9. The first-order valence-corrected chi connectivity index (χ1v) is 22.3. The number of hydrogen-bond donors (Lipinski definition) is 1. The largest absolute Gasteiger partial charge is 0.490 e. The number of halogens is 1. The van der Waals surface area contributed by atoms with E-state index in [4.69, 9.17) is 21.1 Å². The predicted molar refractivity (Wildman–Crippen MR) is 216 cm³/mol. The summed E-state index contributed by atoms with van der Waals surface area (Å²) in [6.45, 7) is 10.00. The van der Waals surface area contributed by atoms with E-state index in [2.05, 4.69) is 48.7 Å². The van der Waals surface area contributed by atoms with Crippen molar-refractivity contribution in [3.05, 3.63) is 81.8 Å². The normalized spacial score (nSPS) is 32.0. The Labute approximate surface area is 328 Å². The molecule has 2 fully saturated rings. The maximum absolute atomic E-state index is 13.7. The van der Waals surface area contributed by atoms with Gasteiger partial charge in [-0.2, -0.15) is 0 Å². The van der Waals surface area contributed by atoms with Crippen LogP contribution in [0.5, 0.6) is 5.75 Å². The summed E-state index contributed by atoms with van der Waals surface area (Å²) in [5.74, 6) is 0.430. The highest BCUT2D eigenvalue weighted by Gasteiger charge is 2.50. The maximum Gasteiger partial charge on any atom is 0.264 e. The molecular weight excluding hydrogens is 742 g/mol. The average molecular weight is 794 g/mol. The minimum Gasteiger partial charge on any atom is -0.490 e. The fraction of sp³-hybridized carbons (Fsp3) is 0.561. The lowest BCUT2D eigenvalue weighted by Crippen LogP contribution is -2.59. The van der Waals surface area contributed by atoms with Gasteiger partial charge in [0.25, 0.3) is 5.91 Å². The number of methoxy groups -OCH3 is 1. The molecule has 3 aliphatic heterocycles. The third-order valence-electron chi connectivity index (χ3n) is 13.1. The number of fused-ring (bicyclic) bond motifs is 4. The minimum atomic E-state index is -3.96. The van der Waals surface area contributed by atoms with Gasteiger partial charge in [-0.25, -0.2) is 18.1 Å². The van der Waals surface area contributed by atoms with Gasteiger partial charge < -0.3 is 19.3 Å². The number of benzene rings is 2. The molecule has 1 amide bonds. The summed E-state index contributed by atoms with van der Waals surface area (Å²) in [6, 6.07) is 11.6. The highest BCUT2D eigenvalue weighted by molar-refractivity contribution is 7.90. The number of thiazole rings is 1. The zero-order valence-electron chi connectivity index (χ0n) is 31.5. The summed E-state index contributed by atoms with van der Waals surface area (Å²) in [4.78, 5) is 25.5. The number of piperazine rings is 1. The number of aryl methyl sites for hydroxylation is 1. The topological polar surface area (TPSA) is 104 Å². The van der Waals surface area contributed by atoms with Gasteiger partial charge in [-0.05, 0) is 105 Å². The zero-order chi connectivity index (χ0) is 37.7. The van der Waals surface area contributed by atoms with E-state index >= 15 is 0 Å². The number of anilines is 2. The fourth-order valence-electron chi connectivity index (χ4n) is 9.63. The van der Waals surface area contributed by atoms with Gasteiger partial charge in [0, 0.05) is 80.5 Å².